The number of carbonyl (C=O) groups excluding carboxylic acids is 1. The number of para-hydroxylation sites is 1. The zero-order valence-electron chi connectivity index (χ0n) is 16.0. The second kappa shape index (κ2) is 6.42. The maximum absolute atomic E-state index is 14.0. The molecule has 0 N–H and O–H groups in total. The summed E-state index contributed by atoms with van der Waals surface area (Å²) in [5, 5.41) is 8.96. The molecule has 148 valence electrons. The smallest absolute Gasteiger partial charge is 0.231 e. The van der Waals surface area contributed by atoms with Crippen LogP contribution in [0.3, 0.4) is 0 Å². The van der Waals surface area contributed by atoms with Crippen molar-refractivity contribution in [3.8, 4) is 17.2 Å². The Bertz CT molecular complexity index is 1180. The molecular formula is C24H18N2O4. The molecule has 0 fully saturated rings. The van der Waals surface area contributed by atoms with Crippen molar-refractivity contribution in [3.63, 3.8) is 0 Å². The van der Waals surface area contributed by atoms with E-state index in [4.69, 9.17) is 14.2 Å². The Morgan fingerprint density at radius 1 is 0.833 bits per heavy atom. The van der Waals surface area contributed by atoms with Crippen molar-refractivity contribution in [2.24, 2.45) is 10.2 Å². The van der Waals surface area contributed by atoms with Gasteiger partial charge >= 0.3 is 0 Å². The summed E-state index contributed by atoms with van der Waals surface area (Å²) in [6.07, 6.45) is -0.581. The van der Waals surface area contributed by atoms with E-state index in [2.05, 4.69) is 10.2 Å². The predicted octanol–water partition coefficient (Wildman–Crippen LogP) is 4.72. The zero-order chi connectivity index (χ0) is 20.1. The van der Waals surface area contributed by atoms with E-state index < -0.39 is 11.6 Å². The van der Waals surface area contributed by atoms with E-state index in [0.29, 0.717) is 29.4 Å². The topological polar surface area (TPSA) is 69.5 Å². The third-order valence-corrected chi connectivity index (χ3v) is 6.07. The molecule has 3 aromatic carbocycles. The van der Waals surface area contributed by atoms with Crippen LogP contribution in [0.2, 0.25) is 0 Å². The number of fused-ring (bicyclic) bond motifs is 2. The average Bonchev–Trinajstić information content (AvgIpc) is 3.44. The first-order chi connectivity index (χ1) is 14.8. The maximum Gasteiger partial charge on any atom is 0.231 e. The highest BCUT2D eigenvalue weighted by molar-refractivity contribution is 6.08. The fourth-order valence-electron chi connectivity index (χ4n) is 4.64. The number of rotatable bonds is 2. The van der Waals surface area contributed by atoms with Gasteiger partial charge in [0.05, 0.1) is 12.1 Å². The lowest BCUT2D eigenvalue weighted by molar-refractivity contribution is 0.0521. The van der Waals surface area contributed by atoms with E-state index in [1.807, 2.05) is 66.7 Å². The predicted molar refractivity (Wildman–Crippen MR) is 108 cm³/mol. The first kappa shape index (κ1) is 17.2. The summed E-state index contributed by atoms with van der Waals surface area (Å²) in [4.78, 5) is 14.0. The second-order valence-electron chi connectivity index (χ2n) is 7.65. The molecule has 0 amide bonds. The largest absolute Gasteiger partial charge is 0.482 e. The van der Waals surface area contributed by atoms with Crippen molar-refractivity contribution in [2.75, 3.05) is 13.3 Å². The van der Waals surface area contributed by atoms with Gasteiger partial charge < -0.3 is 14.2 Å². The summed E-state index contributed by atoms with van der Waals surface area (Å²) in [6, 6.07) is 22.9. The molecule has 3 aromatic rings. The van der Waals surface area contributed by atoms with Crippen LogP contribution in [0.25, 0.3) is 0 Å². The summed E-state index contributed by atoms with van der Waals surface area (Å²) in [5.74, 6) is 1.61. The number of Topliss-reactive ketones (excluding diaryl/α,β-unsaturated/α-hetero) is 1. The molecule has 0 aromatic heterocycles. The van der Waals surface area contributed by atoms with E-state index in [1.54, 1.807) is 6.07 Å². The van der Waals surface area contributed by atoms with Crippen LogP contribution in [-0.4, -0.2) is 24.7 Å². The Morgan fingerprint density at radius 3 is 2.53 bits per heavy atom. The van der Waals surface area contributed by atoms with Crippen LogP contribution in [0.15, 0.2) is 83.0 Å². The molecule has 0 unspecified atom stereocenters. The van der Waals surface area contributed by atoms with Crippen LogP contribution in [0.5, 0.6) is 17.2 Å². The Morgan fingerprint density at radius 2 is 1.63 bits per heavy atom. The Hall–Kier alpha value is -3.67. The van der Waals surface area contributed by atoms with E-state index in [-0.39, 0.29) is 18.5 Å². The molecule has 3 heterocycles. The summed E-state index contributed by atoms with van der Waals surface area (Å²) in [6.45, 7) is 0.603. The van der Waals surface area contributed by atoms with E-state index in [9.17, 15) is 4.79 Å². The van der Waals surface area contributed by atoms with Gasteiger partial charge in [0.1, 0.15) is 5.75 Å². The number of ether oxygens (including phenoxy) is 3. The Labute approximate surface area is 173 Å². The lowest BCUT2D eigenvalue weighted by atomic mass is 9.69. The number of hydrogen-bond donors (Lipinski definition) is 0. The molecule has 0 saturated carbocycles. The number of nitrogens with zero attached hydrogens (tertiary/aromatic N) is 2. The van der Waals surface area contributed by atoms with Gasteiger partial charge in [0.25, 0.3) is 0 Å². The third kappa shape index (κ3) is 2.33. The highest BCUT2D eigenvalue weighted by atomic mass is 16.7. The molecule has 6 rings (SSSR count). The van der Waals surface area contributed by atoms with Gasteiger partial charge in [-0.25, -0.2) is 0 Å². The third-order valence-electron chi connectivity index (χ3n) is 6.07. The Balaban J connectivity index is 1.54. The summed E-state index contributed by atoms with van der Waals surface area (Å²) in [5.41, 5.74) is 1.19. The molecule has 6 heteroatoms. The SMILES string of the molecule is O=C1c2ccccc2O[C@H](c2ccccc2)[C@@]12N=NC[C@H]2c1ccc2c(c1)OCO2. The molecule has 3 aliphatic rings. The molecule has 6 nitrogen and oxygen atoms in total. The van der Waals surface area contributed by atoms with Crippen LogP contribution in [0.1, 0.15) is 33.5 Å². The van der Waals surface area contributed by atoms with Crippen molar-refractivity contribution < 1.29 is 19.0 Å². The normalized spacial score (nSPS) is 25.9. The van der Waals surface area contributed by atoms with Gasteiger partial charge in [0.2, 0.25) is 12.6 Å². The van der Waals surface area contributed by atoms with Gasteiger partial charge in [0, 0.05) is 5.92 Å². The van der Waals surface area contributed by atoms with Gasteiger partial charge in [-0.2, -0.15) is 10.2 Å². The van der Waals surface area contributed by atoms with Crippen LogP contribution in [-0.2, 0) is 0 Å². The molecule has 0 radical (unpaired) electrons. The van der Waals surface area contributed by atoms with Crippen molar-refractivity contribution >= 4 is 5.78 Å². The van der Waals surface area contributed by atoms with Gasteiger partial charge in [0.15, 0.2) is 23.1 Å². The lowest BCUT2D eigenvalue weighted by Gasteiger charge is -2.41. The highest BCUT2D eigenvalue weighted by Gasteiger charge is 2.60. The minimum atomic E-state index is -1.18. The van der Waals surface area contributed by atoms with Crippen molar-refractivity contribution in [3.05, 3.63) is 89.5 Å². The van der Waals surface area contributed by atoms with Crippen LogP contribution in [0.4, 0.5) is 0 Å². The van der Waals surface area contributed by atoms with Crippen LogP contribution in [0, 0.1) is 0 Å². The monoisotopic (exact) mass is 398 g/mol. The molecule has 1 spiro atoms. The average molecular weight is 398 g/mol. The van der Waals surface area contributed by atoms with Gasteiger partial charge in [-0.1, -0.05) is 48.5 Å². The second-order valence-corrected chi connectivity index (χ2v) is 7.65. The summed E-state index contributed by atoms with van der Waals surface area (Å²) >= 11 is 0. The van der Waals surface area contributed by atoms with E-state index >= 15 is 0 Å². The maximum atomic E-state index is 14.0. The quantitative estimate of drug-likeness (QED) is 0.626. The summed E-state index contributed by atoms with van der Waals surface area (Å²) in [7, 11) is 0. The number of hydrogen-bond acceptors (Lipinski definition) is 6. The molecule has 0 saturated heterocycles. The number of azo groups is 1. The van der Waals surface area contributed by atoms with Crippen molar-refractivity contribution in [2.45, 2.75) is 17.6 Å². The number of benzene rings is 3. The van der Waals surface area contributed by atoms with Crippen LogP contribution < -0.4 is 14.2 Å². The molecule has 0 bridgehead atoms. The first-order valence-electron chi connectivity index (χ1n) is 9.91. The lowest BCUT2D eigenvalue weighted by Crippen LogP contribution is -2.51. The summed E-state index contributed by atoms with van der Waals surface area (Å²) < 4.78 is 17.5. The van der Waals surface area contributed by atoms with E-state index in [0.717, 1.165) is 11.1 Å². The first-order valence-corrected chi connectivity index (χ1v) is 9.91. The number of ketones is 1. The zero-order valence-corrected chi connectivity index (χ0v) is 16.0. The van der Waals surface area contributed by atoms with Gasteiger partial charge in [-0.3, -0.25) is 4.79 Å². The van der Waals surface area contributed by atoms with Crippen LogP contribution >= 0.6 is 0 Å². The molecule has 30 heavy (non-hydrogen) atoms. The van der Waals surface area contributed by atoms with Gasteiger partial charge in [-0.15, -0.1) is 0 Å². The number of carbonyl (C=O) groups is 1. The Kier molecular flexibility index (Phi) is 3.68. The molecule has 3 atom stereocenters. The molecule has 0 aliphatic carbocycles. The van der Waals surface area contributed by atoms with Gasteiger partial charge in [-0.05, 0) is 35.4 Å². The van der Waals surface area contributed by atoms with Crippen molar-refractivity contribution in [1.82, 2.24) is 0 Å². The highest BCUT2D eigenvalue weighted by Crippen LogP contribution is 2.53. The van der Waals surface area contributed by atoms with Crippen molar-refractivity contribution in [1.29, 1.82) is 0 Å². The molecule has 3 aliphatic heterocycles. The minimum Gasteiger partial charge on any atom is -0.482 e. The standard InChI is InChI=1S/C24H18N2O4/c27-22-17-8-4-5-9-19(17)30-23(15-6-2-1-3-7-15)24(22)18(13-25-26-24)16-10-11-20-21(12-16)29-14-28-20/h1-12,18,23H,13-14H2/t18-,23+,24-/m0/s1. The fraction of sp³-hybridized carbons (Fsp3) is 0.208. The molecular weight excluding hydrogens is 380 g/mol. The van der Waals surface area contributed by atoms with E-state index in [1.165, 1.54) is 0 Å². The fourth-order valence-corrected chi connectivity index (χ4v) is 4.64. The minimum absolute atomic E-state index is 0.0675.